The molecule has 0 spiro atoms. The van der Waals surface area contributed by atoms with Gasteiger partial charge in [0, 0.05) is 0 Å². The quantitative estimate of drug-likeness (QED) is 0.535. The van der Waals surface area contributed by atoms with Crippen LogP contribution < -0.4 is 0 Å². The average molecular weight is 137 g/mol. The van der Waals surface area contributed by atoms with Gasteiger partial charge in [-0.2, -0.15) is 5.26 Å². The van der Waals surface area contributed by atoms with E-state index in [2.05, 4.69) is 6.07 Å². The minimum Gasteiger partial charge on any atom is -0.192 e. The highest BCUT2D eigenvalue weighted by Gasteiger charge is 1.92. The van der Waals surface area contributed by atoms with Crippen molar-refractivity contribution in [1.29, 1.82) is 5.26 Å². The highest BCUT2D eigenvalue weighted by Crippen LogP contribution is 2.11. The van der Waals surface area contributed by atoms with Gasteiger partial charge in [-0.15, -0.1) is 0 Å². The van der Waals surface area contributed by atoms with Crippen molar-refractivity contribution in [3.63, 3.8) is 0 Å². The van der Waals surface area contributed by atoms with Crippen molar-refractivity contribution in [3.8, 4) is 6.07 Å². The van der Waals surface area contributed by atoms with Crippen LogP contribution >= 0.6 is 11.6 Å². The molecule has 1 aromatic carbocycles. The van der Waals surface area contributed by atoms with Crippen LogP contribution in [0.2, 0.25) is 5.02 Å². The van der Waals surface area contributed by atoms with Gasteiger partial charge >= 0.3 is 0 Å². The third-order valence-corrected chi connectivity index (χ3v) is 1.25. The van der Waals surface area contributed by atoms with Crippen molar-refractivity contribution in [2.24, 2.45) is 0 Å². The van der Waals surface area contributed by atoms with Gasteiger partial charge in [-0.25, -0.2) is 0 Å². The number of rotatable bonds is 0. The van der Waals surface area contributed by atoms with Crippen molar-refractivity contribution < 1.29 is 0 Å². The first-order valence-electron chi connectivity index (χ1n) is 2.40. The molecule has 1 radical (unpaired) electrons. The smallest absolute Gasteiger partial charge is 0.101 e. The molecule has 0 amide bonds. The molecule has 0 unspecified atom stereocenters. The van der Waals surface area contributed by atoms with Crippen LogP contribution in [0.3, 0.4) is 0 Å². The minimum atomic E-state index is 0.458. The second-order valence-electron chi connectivity index (χ2n) is 1.52. The summed E-state index contributed by atoms with van der Waals surface area (Å²) in [7, 11) is 0. The molecule has 0 saturated heterocycles. The van der Waals surface area contributed by atoms with Crippen molar-refractivity contribution in [2.75, 3.05) is 0 Å². The molecule has 1 rings (SSSR count). The predicted molar refractivity (Wildman–Crippen MR) is 35.0 cm³/mol. The lowest BCUT2D eigenvalue weighted by Crippen LogP contribution is -1.72. The van der Waals surface area contributed by atoms with E-state index in [-0.39, 0.29) is 0 Å². The van der Waals surface area contributed by atoms with E-state index >= 15 is 0 Å². The Labute approximate surface area is 58.5 Å². The summed E-state index contributed by atoms with van der Waals surface area (Å²) in [5, 5.41) is 8.83. The maximum absolute atomic E-state index is 8.37. The monoisotopic (exact) mass is 136 g/mol. The highest BCUT2D eigenvalue weighted by molar-refractivity contribution is 6.31. The summed E-state index contributed by atoms with van der Waals surface area (Å²) in [5.74, 6) is 0. The van der Waals surface area contributed by atoms with E-state index in [1.165, 1.54) is 0 Å². The number of hydrogen-bond donors (Lipinski definition) is 0. The summed E-state index contributed by atoms with van der Waals surface area (Å²) in [6, 6.07) is 9.55. The molecule has 1 aromatic rings. The van der Waals surface area contributed by atoms with E-state index in [0.29, 0.717) is 10.6 Å². The van der Waals surface area contributed by atoms with Gasteiger partial charge in [0.25, 0.3) is 0 Å². The lowest BCUT2D eigenvalue weighted by atomic mass is 10.2. The molecule has 0 aliphatic heterocycles. The average Bonchev–Trinajstić information content (AvgIpc) is 1.89. The number of nitrogens with zero attached hydrogens (tertiary/aromatic N) is 1. The van der Waals surface area contributed by atoms with Gasteiger partial charge < -0.3 is 0 Å². The first kappa shape index (κ1) is 6.12. The zero-order valence-electron chi connectivity index (χ0n) is 4.56. The lowest BCUT2D eigenvalue weighted by molar-refractivity contribution is 1.48. The van der Waals surface area contributed by atoms with Crippen LogP contribution in [0.5, 0.6) is 0 Å². The predicted octanol–water partition coefficient (Wildman–Crippen LogP) is 2.01. The summed E-state index contributed by atoms with van der Waals surface area (Å²) in [6.45, 7) is 0. The largest absolute Gasteiger partial charge is 0.192 e. The van der Waals surface area contributed by atoms with E-state index in [4.69, 9.17) is 16.9 Å². The molecule has 0 atom stereocenters. The maximum Gasteiger partial charge on any atom is 0.101 e. The van der Waals surface area contributed by atoms with Crippen LogP contribution in [0.15, 0.2) is 18.2 Å². The van der Waals surface area contributed by atoms with Crippen LogP contribution in [0.4, 0.5) is 0 Å². The van der Waals surface area contributed by atoms with Gasteiger partial charge in [-0.1, -0.05) is 17.7 Å². The fourth-order valence-electron chi connectivity index (χ4n) is 0.501. The van der Waals surface area contributed by atoms with E-state index in [9.17, 15) is 0 Å². The van der Waals surface area contributed by atoms with Crippen molar-refractivity contribution >= 4 is 11.6 Å². The van der Waals surface area contributed by atoms with Crippen LogP contribution in [-0.4, -0.2) is 0 Å². The van der Waals surface area contributed by atoms with E-state index in [1.807, 2.05) is 6.07 Å². The normalized spacial score (nSPS) is 8.44. The number of halogens is 1. The Morgan fingerprint density at radius 2 is 2.44 bits per heavy atom. The maximum atomic E-state index is 8.37. The molecule has 0 heterocycles. The summed E-state index contributed by atoms with van der Waals surface area (Å²) in [4.78, 5) is 0. The molecule has 2 heteroatoms. The van der Waals surface area contributed by atoms with E-state index in [0.717, 1.165) is 0 Å². The highest BCUT2D eigenvalue weighted by atomic mass is 35.5. The van der Waals surface area contributed by atoms with Crippen LogP contribution in [0.25, 0.3) is 0 Å². The molecule has 43 valence electrons. The standard InChI is InChI=1S/C7H3ClN/c8-7-4-2-1-3-6(7)5-9/h1,3-4H. The zero-order chi connectivity index (χ0) is 6.69. The second kappa shape index (κ2) is 2.52. The first-order valence-corrected chi connectivity index (χ1v) is 2.78. The van der Waals surface area contributed by atoms with Crippen LogP contribution in [-0.2, 0) is 0 Å². The molecule has 1 nitrogen and oxygen atoms in total. The van der Waals surface area contributed by atoms with E-state index in [1.54, 1.807) is 18.2 Å². The minimum absolute atomic E-state index is 0.458. The second-order valence-corrected chi connectivity index (χ2v) is 1.92. The van der Waals surface area contributed by atoms with E-state index < -0.39 is 0 Å². The summed E-state index contributed by atoms with van der Waals surface area (Å²) >= 11 is 5.57. The zero-order valence-corrected chi connectivity index (χ0v) is 5.31. The Kier molecular flexibility index (Phi) is 1.72. The third kappa shape index (κ3) is 1.22. The van der Waals surface area contributed by atoms with Gasteiger partial charge in [-0.3, -0.25) is 0 Å². The first-order chi connectivity index (χ1) is 4.34. The Hall–Kier alpha value is -1.00. The summed E-state index contributed by atoms with van der Waals surface area (Å²) in [6.07, 6.45) is 0. The molecule has 0 aliphatic carbocycles. The van der Waals surface area contributed by atoms with Gasteiger partial charge in [-0.05, 0) is 18.2 Å². The Morgan fingerprint density at radius 1 is 1.67 bits per heavy atom. The Balaban J connectivity index is 3.20. The van der Waals surface area contributed by atoms with Gasteiger partial charge in [0.05, 0.1) is 10.6 Å². The molecular formula is C7H3ClN. The Bertz CT molecular complexity index is 249. The SMILES string of the molecule is N#Cc1cc[c]cc1Cl. The molecule has 0 saturated carbocycles. The topological polar surface area (TPSA) is 23.8 Å². The number of hydrogen-bond acceptors (Lipinski definition) is 1. The molecule has 0 aliphatic rings. The van der Waals surface area contributed by atoms with Crippen LogP contribution in [0.1, 0.15) is 5.56 Å². The molecule has 0 fully saturated rings. The van der Waals surface area contributed by atoms with Crippen molar-refractivity contribution in [2.45, 2.75) is 0 Å². The third-order valence-electron chi connectivity index (χ3n) is 0.934. The fraction of sp³-hybridized carbons (Fsp3) is 0. The summed E-state index contributed by atoms with van der Waals surface area (Å²) < 4.78 is 0. The molecule has 0 N–H and O–H groups in total. The molecule has 0 aromatic heterocycles. The van der Waals surface area contributed by atoms with Gasteiger partial charge in [0.2, 0.25) is 0 Å². The number of benzene rings is 1. The van der Waals surface area contributed by atoms with Crippen molar-refractivity contribution in [3.05, 3.63) is 34.9 Å². The lowest BCUT2D eigenvalue weighted by Gasteiger charge is -1.87. The molecule has 9 heavy (non-hydrogen) atoms. The molecular weight excluding hydrogens is 134 g/mol. The molecule has 0 bridgehead atoms. The van der Waals surface area contributed by atoms with Gasteiger partial charge in [0.15, 0.2) is 0 Å². The van der Waals surface area contributed by atoms with Crippen molar-refractivity contribution in [1.82, 2.24) is 0 Å². The summed E-state index contributed by atoms with van der Waals surface area (Å²) in [5.41, 5.74) is 0.496. The fourth-order valence-corrected chi connectivity index (χ4v) is 0.669. The van der Waals surface area contributed by atoms with Gasteiger partial charge in [0.1, 0.15) is 6.07 Å². The Morgan fingerprint density at radius 3 is 2.89 bits per heavy atom. The number of nitriles is 1. The van der Waals surface area contributed by atoms with Crippen LogP contribution in [0, 0.1) is 17.4 Å².